The number of methoxy groups -OCH3 is 3. The minimum atomic E-state index is -0.326. The van der Waals surface area contributed by atoms with Gasteiger partial charge in [0.25, 0.3) is 0 Å². The number of nitrogens with two attached hydrogens (primary N) is 1. The van der Waals surface area contributed by atoms with Crippen LogP contribution in [0.4, 0.5) is 5.69 Å². The lowest BCUT2D eigenvalue weighted by molar-refractivity contribution is -0.140. The molecule has 0 heterocycles. The molecule has 0 fully saturated rings. The number of guanidine groups is 1. The highest BCUT2D eigenvalue weighted by Gasteiger charge is 2.05. The molecule has 7 heteroatoms. The first-order valence-electron chi connectivity index (χ1n) is 5.96. The summed E-state index contributed by atoms with van der Waals surface area (Å²) in [6.07, 6.45) is 0.185. The largest absolute Gasteiger partial charge is 0.493 e. The molecular formula is C13H19N3O4. The van der Waals surface area contributed by atoms with Crippen molar-refractivity contribution in [1.82, 2.24) is 0 Å². The van der Waals surface area contributed by atoms with E-state index >= 15 is 0 Å². The highest BCUT2D eigenvalue weighted by molar-refractivity contribution is 5.92. The van der Waals surface area contributed by atoms with E-state index in [1.54, 1.807) is 32.4 Å². The van der Waals surface area contributed by atoms with Crippen LogP contribution in [0.25, 0.3) is 0 Å². The van der Waals surface area contributed by atoms with Gasteiger partial charge in [-0.25, -0.2) is 0 Å². The fraction of sp³-hybridized carbons (Fsp3) is 0.385. The monoisotopic (exact) mass is 281 g/mol. The summed E-state index contributed by atoms with van der Waals surface area (Å²) in [4.78, 5) is 14.9. The van der Waals surface area contributed by atoms with Crippen LogP contribution in [0.2, 0.25) is 0 Å². The Labute approximate surface area is 117 Å². The number of aliphatic imine (C=N–C) groups is 1. The van der Waals surface area contributed by atoms with Crippen molar-refractivity contribution in [3.8, 4) is 11.5 Å². The number of carbonyl (C=O) groups is 1. The quantitative estimate of drug-likeness (QED) is 0.459. The van der Waals surface area contributed by atoms with E-state index in [2.05, 4.69) is 15.0 Å². The first-order chi connectivity index (χ1) is 9.60. The molecule has 0 aromatic heterocycles. The van der Waals surface area contributed by atoms with Crippen LogP contribution in [0.1, 0.15) is 6.42 Å². The Kier molecular flexibility index (Phi) is 6.15. The topological polar surface area (TPSA) is 95.2 Å². The van der Waals surface area contributed by atoms with Gasteiger partial charge < -0.3 is 25.3 Å². The van der Waals surface area contributed by atoms with Crippen molar-refractivity contribution in [3.63, 3.8) is 0 Å². The number of anilines is 1. The summed E-state index contributed by atoms with van der Waals surface area (Å²) in [5, 5.41) is 2.90. The number of ether oxygens (including phenoxy) is 3. The number of carbonyl (C=O) groups excluding carboxylic acids is 1. The maximum Gasteiger partial charge on any atom is 0.307 e. The van der Waals surface area contributed by atoms with Gasteiger partial charge in [0.2, 0.25) is 0 Å². The predicted octanol–water partition coefficient (Wildman–Crippen LogP) is 0.993. The maximum atomic E-state index is 10.9. The molecule has 3 N–H and O–H groups in total. The van der Waals surface area contributed by atoms with Gasteiger partial charge in [-0.3, -0.25) is 9.79 Å². The molecule has 0 radical (unpaired) electrons. The van der Waals surface area contributed by atoms with Crippen molar-refractivity contribution in [2.75, 3.05) is 33.2 Å². The van der Waals surface area contributed by atoms with Crippen molar-refractivity contribution >= 4 is 17.6 Å². The number of nitrogens with zero attached hydrogens (tertiary/aromatic N) is 1. The summed E-state index contributed by atoms with van der Waals surface area (Å²) < 4.78 is 14.8. The van der Waals surface area contributed by atoms with Gasteiger partial charge in [0.1, 0.15) is 0 Å². The number of benzene rings is 1. The summed E-state index contributed by atoms with van der Waals surface area (Å²) in [5.74, 6) is 1.09. The molecule has 0 aliphatic heterocycles. The Hall–Kier alpha value is -2.44. The molecule has 1 rings (SSSR count). The van der Waals surface area contributed by atoms with Crippen molar-refractivity contribution < 1.29 is 19.0 Å². The van der Waals surface area contributed by atoms with Crippen LogP contribution in [-0.4, -0.2) is 39.8 Å². The minimum Gasteiger partial charge on any atom is -0.493 e. The molecule has 0 saturated carbocycles. The van der Waals surface area contributed by atoms with Crippen molar-refractivity contribution in [1.29, 1.82) is 0 Å². The van der Waals surface area contributed by atoms with Crippen molar-refractivity contribution in [2.24, 2.45) is 10.7 Å². The van der Waals surface area contributed by atoms with E-state index in [0.29, 0.717) is 17.2 Å². The van der Waals surface area contributed by atoms with E-state index in [1.807, 2.05) is 0 Å². The molecule has 110 valence electrons. The van der Waals surface area contributed by atoms with Crippen LogP contribution in [0.5, 0.6) is 11.5 Å². The number of esters is 1. The molecule has 7 nitrogen and oxygen atoms in total. The molecule has 0 atom stereocenters. The Morgan fingerprint density at radius 1 is 1.25 bits per heavy atom. The van der Waals surface area contributed by atoms with Gasteiger partial charge in [-0.15, -0.1) is 0 Å². The molecular weight excluding hydrogens is 262 g/mol. The average Bonchev–Trinajstić information content (AvgIpc) is 2.46. The van der Waals surface area contributed by atoms with Gasteiger partial charge >= 0.3 is 5.97 Å². The molecule has 0 saturated heterocycles. The second kappa shape index (κ2) is 7.88. The van der Waals surface area contributed by atoms with Gasteiger partial charge in [0, 0.05) is 11.8 Å². The number of rotatable bonds is 6. The first kappa shape index (κ1) is 15.6. The normalized spacial score (nSPS) is 10.8. The zero-order valence-corrected chi connectivity index (χ0v) is 11.8. The van der Waals surface area contributed by atoms with Gasteiger partial charge in [-0.1, -0.05) is 0 Å². The van der Waals surface area contributed by atoms with E-state index in [9.17, 15) is 4.79 Å². The molecule has 0 unspecified atom stereocenters. The minimum absolute atomic E-state index is 0.185. The lowest BCUT2D eigenvalue weighted by Gasteiger charge is -2.10. The smallest absolute Gasteiger partial charge is 0.307 e. The molecule has 1 aromatic carbocycles. The van der Waals surface area contributed by atoms with Crippen LogP contribution in [0.3, 0.4) is 0 Å². The molecule has 0 spiro atoms. The average molecular weight is 281 g/mol. The molecule has 0 aliphatic rings. The first-order valence-corrected chi connectivity index (χ1v) is 5.96. The number of hydrogen-bond acceptors (Lipinski definition) is 5. The predicted molar refractivity (Wildman–Crippen MR) is 76.3 cm³/mol. The summed E-state index contributed by atoms with van der Waals surface area (Å²) in [6, 6.07) is 5.27. The second-order valence-electron chi connectivity index (χ2n) is 3.79. The van der Waals surface area contributed by atoms with Gasteiger partial charge in [-0.05, 0) is 12.1 Å². The second-order valence-corrected chi connectivity index (χ2v) is 3.79. The fourth-order valence-corrected chi connectivity index (χ4v) is 1.47. The highest BCUT2D eigenvalue weighted by Crippen LogP contribution is 2.29. The van der Waals surface area contributed by atoms with E-state index in [4.69, 9.17) is 15.2 Å². The molecule has 0 amide bonds. The number of nitrogens with one attached hydrogen (secondary N) is 1. The van der Waals surface area contributed by atoms with Crippen LogP contribution >= 0.6 is 0 Å². The van der Waals surface area contributed by atoms with E-state index in [-0.39, 0.29) is 24.9 Å². The van der Waals surface area contributed by atoms with E-state index < -0.39 is 0 Å². The summed E-state index contributed by atoms with van der Waals surface area (Å²) in [7, 11) is 4.44. The summed E-state index contributed by atoms with van der Waals surface area (Å²) in [6.45, 7) is 0.263. The zero-order valence-electron chi connectivity index (χ0n) is 11.8. The SMILES string of the molecule is COC(=O)CCN=C(N)Nc1ccc(OC)c(OC)c1. The molecule has 0 bridgehead atoms. The van der Waals surface area contributed by atoms with Crippen LogP contribution in [0, 0.1) is 0 Å². The summed E-state index contributed by atoms with van der Waals surface area (Å²) >= 11 is 0. The Bertz CT molecular complexity index is 489. The maximum absolute atomic E-state index is 10.9. The van der Waals surface area contributed by atoms with Crippen LogP contribution in [0.15, 0.2) is 23.2 Å². The van der Waals surface area contributed by atoms with Crippen molar-refractivity contribution in [3.05, 3.63) is 18.2 Å². The molecule has 0 aliphatic carbocycles. The third-order valence-electron chi connectivity index (χ3n) is 2.48. The van der Waals surface area contributed by atoms with Gasteiger partial charge in [-0.2, -0.15) is 0 Å². The third-order valence-corrected chi connectivity index (χ3v) is 2.48. The lowest BCUT2D eigenvalue weighted by Crippen LogP contribution is -2.23. The van der Waals surface area contributed by atoms with Crippen molar-refractivity contribution in [2.45, 2.75) is 6.42 Å². The standard InChI is InChI=1S/C13H19N3O4/c1-18-10-5-4-9(8-11(10)19-2)16-13(14)15-7-6-12(17)20-3/h4-5,8H,6-7H2,1-3H3,(H3,14,15,16). The van der Waals surface area contributed by atoms with Crippen LogP contribution < -0.4 is 20.5 Å². The fourth-order valence-electron chi connectivity index (χ4n) is 1.47. The Balaban J connectivity index is 2.63. The third kappa shape index (κ3) is 4.68. The Morgan fingerprint density at radius 2 is 1.95 bits per heavy atom. The number of hydrogen-bond donors (Lipinski definition) is 2. The van der Waals surface area contributed by atoms with E-state index in [1.165, 1.54) is 7.11 Å². The summed E-state index contributed by atoms with van der Waals surface area (Å²) in [5.41, 5.74) is 6.42. The molecule has 1 aromatic rings. The zero-order chi connectivity index (χ0) is 15.0. The van der Waals surface area contributed by atoms with E-state index in [0.717, 1.165) is 0 Å². The molecule has 20 heavy (non-hydrogen) atoms. The lowest BCUT2D eigenvalue weighted by atomic mass is 10.3. The van der Waals surface area contributed by atoms with Gasteiger partial charge in [0.05, 0.1) is 34.3 Å². The highest BCUT2D eigenvalue weighted by atomic mass is 16.5. The van der Waals surface area contributed by atoms with Gasteiger partial charge in [0.15, 0.2) is 17.5 Å². The van der Waals surface area contributed by atoms with Crippen LogP contribution in [-0.2, 0) is 9.53 Å². The Morgan fingerprint density at radius 3 is 2.55 bits per heavy atom.